The first kappa shape index (κ1) is 12.8. The predicted octanol–water partition coefficient (Wildman–Crippen LogP) is -1.24. The van der Waals surface area contributed by atoms with Gasteiger partial charge in [0.05, 0.1) is 6.04 Å². The molecule has 2 rings (SSSR count). The zero-order chi connectivity index (χ0) is 13.1. The maximum Gasteiger partial charge on any atom is 0.254 e. The van der Waals surface area contributed by atoms with Gasteiger partial charge in [0.15, 0.2) is 0 Å². The highest BCUT2D eigenvalue weighted by Gasteiger charge is 2.26. The van der Waals surface area contributed by atoms with Crippen LogP contribution in [0.15, 0.2) is 23.1 Å². The molecule has 1 aliphatic rings. The van der Waals surface area contributed by atoms with E-state index in [4.69, 9.17) is 5.73 Å². The second-order valence-electron chi connectivity index (χ2n) is 4.46. The smallest absolute Gasteiger partial charge is 0.254 e. The number of carbonyl (C=O) groups excluding carboxylic acids is 1. The average molecular weight is 250 g/mol. The van der Waals surface area contributed by atoms with Crippen molar-refractivity contribution in [3.05, 3.63) is 34.2 Å². The molecule has 0 spiro atoms. The van der Waals surface area contributed by atoms with E-state index in [9.17, 15) is 9.59 Å². The summed E-state index contributed by atoms with van der Waals surface area (Å²) >= 11 is 0. The van der Waals surface area contributed by atoms with Gasteiger partial charge in [0.2, 0.25) is 0 Å². The minimum Gasteiger partial charge on any atom is -0.332 e. The summed E-state index contributed by atoms with van der Waals surface area (Å²) < 4.78 is 1.44. The Morgan fingerprint density at radius 3 is 3.06 bits per heavy atom. The van der Waals surface area contributed by atoms with Crippen molar-refractivity contribution in [1.82, 2.24) is 14.8 Å². The number of hydrogen-bond donors (Lipinski definition) is 2. The van der Waals surface area contributed by atoms with Gasteiger partial charge in [-0.25, -0.2) is 0 Å². The van der Waals surface area contributed by atoms with Crippen molar-refractivity contribution >= 4 is 5.91 Å². The molecule has 3 N–H and O–H groups in total. The van der Waals surface area contributed by atoms with E-state index in [1.54, 1.807) is 24.2 Å². The number of amides is 1. The molecule has 1 aromatic rings. The first-order chi connectivity index (χ1) is 8.63. The summed E-state index contributed by atoms with van der Waals surface area (Å²) in [7, 11) is 1.66. The number of carbonyl (C=O) groups is 1. The lowest BCUT2D eigenvalue weighted by molar-refractivity contribution is 0.0644. The third-order valence-electron chi connectivity index (χ3n) is 3.23. The summed E-state index contributed by atoms with van der Waals surface area (Å²) in [6.07, 6.45) is 1.61. The molecule has 0 aliphatic carbocycles. The fourth-order valence-corrected chi connectivity index (χ4v) is 2.09. The van der Waals surface area contributed by atoms with Crippen molar-refractivity contribution in [2.24, 2.45) is 12.8 Å². The van der Waals surface area contributed by atoms with E-state index in [1.165, 1.54) is 10.6 Å². The van der Waals surface area contributed by atoms with Crippen LogP contribution in [0.4, 0.5) is 0 Å². The van der Waals surface area contributed by atoms with E-state index in [0.29, 0.717) is 25.2 Å². The maximum absolute atomic E-state index is 12.3. The molecular formula is C12H18N4O2. The standard InChI is InChI=1S/C12H18N4O2/c1-15-4-2-9(6-11(15)17)12(18)16-5-3-14-8-10(16)7-13/h2,4,6,10,14H,3,5,7-8,13H2,1H3. The van der Waals surface area contributed by atoms with Gasteiger partial charge >= 0.3 is 0 Å². The Labute approximate surface area is 105 Å². The molecule has 6 heteroatoms. The van der Waals surface area contributed by atoms with Gasteiger partial charge in [-0.2, -0.15) is 0 Å². The lowest BCUT2D eigenvalue weighted by Gasteiger charge is -2.35. The number of pyridine rings is 1. The molecule has 0 bridgehead atoms. The summed E-state index contributed by atoms with van der Waals surface area (Å²) in [5.74, 6) is -0.121. The fraction of sp³-hybridized carbons (Fsp3) is 0.500. The number of hydrogen-bond acceptors (Lipinski definition) is 4. The third kappa shape index (κ3) is 2.44. The normalized spacial score (nSPS) is 19.9. The van der Waals surface area contributed by atoms with Crippen molar-refractivity contribution in [2.75, 3.05) is 26.2 Å². The van der Waals surface area contributed by atoms with Gasteiger partial charge in [-0.05, 0) is 6.07 Å². The van der Waals surface area contributed by atoms with E-state index in [2.05, 4.69) is 5.32 Å². The van der Waals surface area contributed by atoms with E-state index in [0.717, 1.165) is 6.54 Å². The number of aromatic nitrogens is 1. The molecule has 1 saturated heterocycles. The molecule has 1 atom stereocenters. The highest BCUT2D eigenvalue weighted by atomic mass is 16.2. The highest BCUT2D eigenvalue weighted by molar-refractivity contribution is 5.94. The molecule has 0 radical (unpaired) electrons. The number of aryl methyl sites for hydroxylation is 1. The zero-order valence-corrected chi connectivity index (χ0v) is 10.4. The number of nitrogens with one attached hydrogen (secondary N) is 1. The van der Waals surface area contributed by atoms with E-state index in [1.807, 2.05) is 0 Å². The van der Waals surface area contributed by atoms with Crippen LogP contribution in [0.5, 0.6) is 0 Å². The van der Waals surface area contributed by atoms with Gasteiger partial charge < -0.3 is 20.5 Å². The van der Waals surface area contributed by atoms with Crippen LogP contribution in [0.2, 0.25) is 0 Å². The minimum absolute atomic E-state index is 0.00434. The Hall–Kier alpha value is -1.66. The molecule has 0 aromatic carbocycles. The van der Waals surface area contributed by atoms with Crippen LogP contribution in [0.3, 0.4) is 0 Å². The number of nitrogens with two attached hydrogens (primary N) is 1. The van der Waals surface area contributed by atoms with Crippen molar-refractivity contribution < 1.29 is 4.79 Å². The number of rotatable bonds is 2. The molecule has 1 fully saturated rings. The molecule has 1 aromatic heterocycles. The second-order valence-corrected chi connectivity index (χ2v) is 4.46. The Morgan fingerprint density at radius 1 is 1.61 bits per heavy atom. The van der Waals surface area contributed by atoms with Crippen LogP contribution in [-0.2, 0) is 7.05 Å². The second kappa shape index (κ2) is 5.32. The van der Waals surface area contributed by atoms with Crippen molar-refractivity contribution in [1.29, 1.82) is 0 Å². The number of piperazine rings is 1. The quantitative estimate of drug-likeness (QED) is 0.688. The third-order valence-corrected chi connectivity index (χ3v) is 3.23. The SMILES string of the molecule is Cn1ccc(C(=O)N2CCNCC2CN)cc1=O. The van der Waals surface area contributed by atoms with Gasteiger partial charge in [-0.1, -0.05) is 0 Å². The molecule has 1 amide bonds. The van der Waals surface area contributed by atoms with Crippen LogP contribution >= 0.6 is 0 Å². The van der Waals surface area contributed by atoms with E-state index < -0.39 is 0 Å². The molecule has 6 nitrogen and oxygen atoms in total. The molecule has 1 aliphatic heterocycles. The summed E-state index contributed by atoms with van der Waals surface area (Å²) in [5, 5.41) is 3.20. The maximum atomic E-state index is 12.3. The van der Waals surface area contributed by atoms with Crippen LogP contribution in [-0.4, -0.2) is 47.6 Å². The molecular weight excluding hydrogens is 232 g/mol. The molecule has 18 heavy (non-hydrogen) atoms. The Bertz CT molecular complexity index is 497. The zero-order valence-electron chi connectivity index (χ0n) is 10.4. The van der Waals surface area contributed by atoms with Crippen molar-refractivity contribution in [2.45, 2.75) is 6.04 Å². The summed E-state index contributed by atoms with van der Waals surface area (Å²) in [6, 6.07) is 3.03. The van der Waals surface area contributed by atoms with Gasteiger partial charge in [0.25, 0.3) is 11.5 Å². The topological polar surface area (TPSA) is 80.4 Å². The lowest BCUT2D eigenvalue weighted by Crippen LogP contribution is -2.56. The van der Waals surface area contributed by atoms with E-state index >= 15 is 0 Å². The van der Waals surface area contributed by atoms with E-state index in [-0.39, 0.29) is 17.5 Å². The Morgan fingerprint density at radius 2 is 2.39 bits per heavy atom. The summed E-state index contributed by atoms with van der Waals surface area (Å²) in [6.45, 7) is 2.50. The highest BCUT2D eigenvalue weighted by Crippen LogP contribution is 2.08. The van der Waals surface area contributed by atoms with Crippen LogP contribution in [0.25, 0.3) is 0 Å². The molecule has 1 unspecified atom stereocenters. The first-order valence-electron chi connectivity index (χ1n) is 6.02. The van der Waals surface area contributed by atoms with Crippen LogP contribution in [0.1, 0.15) is 10.4 Å². The Kier molecular flexibility index (Phi) is 3.78. The fourth-order valence-electron chi connectivity index (χ4n) is 2.09. The molecule has 2 heterocycles. The summed E-state index contributed by atoms with van der Waals surface area (Å²) in [4.78, 5) is 25.6. The predicted molar refractivity (Wildman–Crippen MR) is 68.4 cm³/mol. The molecule has 0 saturated carbocycles. The largest absolute Gasteiger partial charge is 0.332 e. The van der Waals surface area contributed by atoms with Crippen molar-refractivity contribution in [3.8, 4) is 0 Å². The van der Waals surface area contributed by atoms with Gasteiger partial charge in [-0.3, -0.25) is 9.59 Å². The average Bonchev–Trinajstić information content (AvgIpc) is 2.41. The Balaban J connectivity index is 2.24. The molecule has 98 valence electrons. The monoisotopic (exact) mass is 250 g/mol. The number of nitrogens with zero attached hydrogens (tertiary/aromatic N) is 2. The van der Waals surface area contributed by atoms with Crippen LogP contribution < -0.4 is 16.6 Å². The summed E-state index contributed by atoms with van der Waals surface area (Å²) in [5.41, 5.74) is 5.91. The van der Waals surface area contributed by atoms with Gasteiger partial charge in [0, 0.05) is 51.1 Å². The first-order valence-corrected chi connectivity index (χ1v) is 6.02. The lowest BCUT2D eigenvalue weighted by atomic mass is 10.1. The van der Waals surface area contributed by atoms with Crippen molar-refractivity contribution in [3.63, 3.8) is 0 Å². The van der Waals surface area contributed by atoms with Gasteiger partial charge in [0.1, 0.15) is 0 Å². The minimum atomic E-state index is -0.180. The van der Waals surface area contributed by atoms with Gasteiger partial charge in [-0.15, -0.1) is 0 Å². The van der Waals surface area contributed by atoms with Crippen LogP contribution in [0, 0.1) is 0 Å².